The minimum Gasteiger partial charge on any atom is -0.388 e. The molecule has 0 spiro atoms. The molecule has 1 N–H and O–H groups in total. The number of azide groups is 1. The molecular formula is C7H7FN4O. The molecule has 1 aromatic heterocycles. The highest BCUT2D eigenvalue weighted by Crippen LogP contribution is 2.12. The van der Waals surface area contributed by atoms with E-state index in [1.807, 2.05) is 0 Å². The second-order valence-corrected chi connectivity index (χ2v) is 2.37. The number of hydrogen-bond donors (Lipinski definition) is 1. The van der Waals surface area contributed by atoms with E-state index in [2.05, 4.69) is 15.0 Å². The lowest BCUT2D eigenvalue weighted by Crippen LogP contribution is -2.01. The lowest BCUT2D eigenvalue weighted by molar-refractivity contribution is 0.186. The van der Waals surface area contributed by atoms with Crippen molar-refractivity contribution in [3.63, 3.8) is 0 Å². The molecule has 1 atom stereocenters. The highest BCUT2D eigenvalue weighted by Gasteiger charge is 2.06. The van der Waals surface area contributed by atoms with Crippen LogP contribution in [0.25, 0.3) is 10.4 Å². The highest BCUT2D eigenvalue weighted by atomic mass is 19.1. The molecule has 0 saturated heterocycles. The molecule has 0 aliphatic heterocycles. The zero-order valence-electron chi connectivity index (χ0n) is 6.63. The van der Waals surface area contributed by atoms with Crippen LogP contribution in [0.2, 0.25) is 0 Å². The average molecular weight is 182 g/mol. The number of aromatic nitrogens is 1. The molecule has 1 rings (SSSR count). The van der Waals surface area contributed by atoms with Gasteiger partial charge in [0.25, 0.3) is 0 Å². The molecule has 0 aromatic carbocycles. The Kier molecular flexibility index (Phi) is 3.19. The second-order valence-electron chi connectivity index (χ2n) is 2.37. The van der Waals surface area contributed by atoms with Crippen LogP contribution in [0.5, 0.6) is 0 Å². The molecule has 0 fully saturated rings. The first-order chi connectivity index (χ1) is 6.24. The minimum absolute atomic E-state index is 0.123. The summed E-state index contributed by atoms with van der Waals surface area (Å²) in [4.78, 5) is 6.02. The average Bonchev–Trinajstić information content (AvgIpc) is 2.14. The molecule has 0 unspecified atom stereocenters. The van der Waals surface area contributed by atoms with Gasteiger partial charge in [-0.25, -0.2) is 4.39 Å². The molecule has 0 saturated carbocycles. The quantitative estimate of drug-likeness (QED) is 0.437. The number of nitrogens with zero attached hydrogens (tertiary/aromatic N) is 4. The topological polar surface area (TPSA) is 81.9 Å². The fourth-order valence-electron chi connectivity index (χ4n) is 0.830. The Morgan fingerprint density at radius 1 is 1.69 bits per heavy atom. The third-order valence-electron chi connectivity index (χ3n) is 1.43. The Hall–Kier alpha value is -1.65. The van der Waals surface area contributed by atoms with Crippen LogP contribution in [0.1, 0.15) is 11.7 Å². The number of hydrogen-bond acceptors (Lipinski definition) is 3. The predicted octanol–water partition coefficient (Wildman–Crippen LogP) is 1.56. The van der Waals surface area contributed by atoms with E-state index in [9.17, 15) is 9.50 Å². The fraction of sp³-hybridized carbons (Fsp3) is 0.286. The van der Waals surface area contributed by atoms with E-state index in [0.717, 1.165) is 12.3 Å². The first-order valence-corrected chi connectivity index (χ1v) is 3.53. The van der Waals surface area contributed by atoms with Gasteiger partial charge in [-0.15, -0.1) is 0 Å². The van der Waals surface area contributed by atoms with Gasteiger partial charge in [0.2, 0.25) is 0 Å². The fourth-order valence-corrected chi connectivity index (χ4v) is 0.830. The Bertz CT molecular complexity index is 337. The number of halogens is 1. The van der Waals surface area contributed by atoms with Gasteiger partial charge in [0.05, 0.1) is 18.8 Å². The van der Waals surface area contributed by atoms with E-state index < -0.39 is 11.9 Å². The predicted molar refractivity (Wildman–Crippen MR) is 43.2 cm³/mol. The van der Waals surface area contributed by atoms with E-state index in [4.69, 9.17) is 5.53 Å². The standard InChI is InChI=1S/C7H7FN4O/c8-6-1-5(2-10-3-6)7(13)4-11-12-9/h1-3,7,13H,4H2/t7-/m1/s1. The lowest BCUT2D eigenvalue weighted by atomic mass is 10.2. The van der Waals surface area contributed by atoms with Gasteiger partial charge in [-0.3, -0.25) is 4.98 Å². The van der Waals surface area contributed by atoms with Crippen molar-refractivity contribution in [1.82, 2.24) is 4.98 Å². The largest absolute Gasteiger partial charge is 0.388 e. The van der Waals surface area contributed by atoms with E-state index in [0.29, 0.717) is 5.56 Å². The summed E-state index contributed by atoms with van der Waals surface area (Å²) < 4.78 is 12.6. The first-order valence-electron chi connectivity index (χ1n) is 3.53. The van der Waals surface area contributed by atoms with Crippen molar-refractivity contribution in [3.05, 3.63) is 40.3 Å². The zero-order valence-corrected chi connectivity index (χ0v) is 6.63. The monoisotopic (exact) mass is 182 g/mol. The van der Waals surface area contributed by atoms with E-state index >= 15 is 0 Å². The summed E-state index contributed by atoms with van der Waals surface area (Å²) >= 11 is 0. The summed E-state index contributed by atoms with van der Waals surface area (Å²) in [7, 11) is 0. The molecule has 6 heteroatoms. The molecule has 0 amide bonds. The van der Waals surface area contributed by atoms with Crippen LogP contribution < -0.4 is 0 Å². The molecule has 68 valence electrons. The van der Waals surface area contributed by atoms with Gasteiger partial charge in [0.1, 0.15) is 5.82 Å². The van der Waals surface area contributed by atoms with Crippen LogP contribution in [0.3, 0.4) is 0 Å². The van der Waals surface area contributed by atoms with Gasteiger partial charge >= 0.3 is 0 Å². The summed E-state index contributed by atoms with van der Waals surface area (Å²) in [5.74, 6) is -0.530. The third-order valence-corrected chi connectivity index (χ3v) is 1.43. The summed E-state index contributed by atoms with van der Waals surface area (Å²) in [6.45, 7) is -0.123. The second kappa shape index (κ2) is 4.39. The van der Waals surface area contributed by atoms with E-state index in [-0.39, 0.29) is 6.54 Å². The maximum absolute atomic E-state index is 12.6. The first kappa shape index (κ1) is 9.44. The normalized spacial score (nSPS) is 11.8. The molecule has 0 radical (unpaired) electrons. The van der Waals surface area contributed by atoms with Gasteiger partial charge in [0.15, 0.2) is 0 Å². The SMILES string of the molecule is [N-]=[N+]=NC[C@@H](O)c1cncc(F)c1. The van der Waals surface area contributed by atoms with Crippen molar-refractivity contribution < 1.29 is 9.50 Å². The van der Waals surface area contributed by atoms with Crippen molar-refractivity contribution in [2.24, 2.45) is 5.11 Å². The smallest absolute Gasteiger partial charge is 0.141 e. The van der Waals surface area contributed by atoms with Gasteiger partial charge in [-0.05, 0) is 11.6 Å². The maximum atomic E-state index is 12.6. The Morgan fingerprint density at radius 2 is 2.46 bits per heavy atom. The van der Waals surface area contributed by atoms with Crippen molar-refractivity contribution in [2.75, 3.05) is 6.54 Å². The summed E-state index contributed by atoms with van der Waals surface area (Å²) in [6, 6.07) is 1.14. The summed E-state index contributed by atoms with van der Waals surface area (Å²) in [5.41, 5.74) is 8.27. The van der Waals surface area contributed by atoms with Crippen LogP contribution >= 0.6 is 0 Å². The van der Waals surface area contributed by atoms with Crippen LogP contribution in [0, 0.1) is 5.82 Å². The van der Waals surface area contributed by atoms with Crippen LogP contribution in [0.4, 0.5) is 4.39 Å². The van der Waals surface area contributed by atoms with E-state index in [1.54, 1.807) is 0 Å². The molecule has 13 heavy (non-hydrogen) atoms. The summed E-state index contributed by atoms with van der Waals surface area (Å²) in [5, 5.41) is 12.5. The van der Waals surface area contributed by atoms with Gasteiger partial charge in [0, 0.05) is 16.7 Å². The van der Waals surface area contributed by atoms with Gasteiger partial charge in [-0.1, -0.05) is 5.11 Å². The van der Waals surface area contributed by atoms with Gasteiger partial charge in [-0.2, -0.15) is 0 Å². The number of pyridine rings is 1. The van der Waals surface area contributed by atoms with Crippen molar-refractivity contribution in [3.8, 4) is 0 Å². The number of aliphatic hydroxyl groups excluding tert-OH is 1. The zero-order chi connectivity index (χ0) is 9.68. The van der Waals surface area contributed by atoms with E-state index in [1.165, 1.54) is 6.20 Å². The van der Waals surface area contributed by atoms with Crippen molar-refractivity contribution in [1.29, 1.82) is 0 Å². The highest BCUT2D eigenvalue weighted by molar-refractivity contribution is 5.13. The Balaban J connectivity index is 2.76. The minimum atomic E-state index is -1.00. The van der Waals surface area contributed by atoms with Crippen LogP contribution in [0.15, 0.2) is 23.6 Å². The maximum Gasteiger partial charge on any atom is 0.141 e. The molecular weight excluding hydrogens is 175 g/mol. The molecule has 0 aliphatic rings. The Labute approximate surface area is 73.5 Å². The Morgan fingerprint density at radius 3 is 3.08 bits per heavy atom. The number of rotatable bonds is 3. The lowest BCUT2D eigenvalue weighted by Gasteiger charge is -2.05. The molecule has 5 nitrogen and oxygen atoms in total. The third kappa shape index (κ3) is 2.70. The van der Waals surface area contributed by atoms with Crippen molar-refractivity contribution >= 4 is 0 Å². The summed E-state index contributed by atoms with van der Waals surface area (Å²) in [6.07, 6.45) is 1.35. The molecule has 0 bridgehead atoms. The van der Waals surface area contributed by atoms with Gasteiger partial charge < -0.3 is 5.11 Å². The van der Waals surface area contributed by atoms with Crippen molar-refractivity contribution in [2.45, 2.75) is 6.10 Å². The van der Waals surface area contributed by atoms with Crippen LogP contribution in [-0.4, -0.2) is 16.6 Å². The molecule has 0 aliphatic carbocycles. The number of aliphatic hydroxyl groups is 1. The molecule has 1 aromatic rings. The molecule has 1 heterocycles. The van der Waals surface area contributed by atoms with Crippen LogP contribution in [-0.2, 0) is 0 Å².